The second-order valence-electron chi connectivity index (χ2n) is 7.51. The fraction of sp³-hybridized carbons (Fsp3) is 0.208. The topological polar surface area (TPSA) is 32.5 Å². The molecule has 0 radical (unpaired) electrons. The minimum Gasteiger partial charge on any atom is -0.507 e. The molecule has 0 saturated carbocycles. The van der Waals surface area contributed by atoms with Gasteiger partial charge in [0.05, 0.1) is 12.5 Å². The highest BCUT2D eigenvalue weighted by Gasteiger charge is 2.44. The van der Waals surface area contributed by atoms with Gasteiger partial charge in [0, 0.05) is 29.3 Å². The highest BCUT2D eigenvalue weighted by atomic mass is 16.5. The predicted molar refractivity (Wildman–Crippen MR) is 112 cm³/mol. The van der Waals surface area contributed by atoms with Gasteiger partial charge in [0.1, 0.15) is 18.5 Å². The molecule has 1 N–H and O–H groups in total. The highest BCUT2D eigenvalue weighted by Crippen LogP contribution is 2.43. The van der Waals surface area contributed by atoms with Gasteiger partial charge in [-0.25, -0.2) is 0 Å². The number of phenols is 1. The van der Waals surface area contributed by atoms with E-state index in [9.17, 15) is 5.11 Å². The summed E-state index contributed by atoms with van der Waals surface area (Å²) in [6, 6.07) is 18.3. The van der Waals surface area contributed by atoms with Crippen LogP contribution in [0.25, 0.3) is 16.8 Å². The van der Waals surface area contributed by atoms with Gasteiger partial charge >= 0.3 is 0 Å². The number of methoxy groups -OCH3 is 1. The van der Waals surface area contributed by atoms with Crippen LogP contribution in [0.4, 0.5) is 5.69 Å². The zero-order chi connectivity index (χ0) is 19.2. The Labute approximate surface area is 159 Å². The van der Waals surface area contributed by atoms with Crippen LogP contribution in [0.1, 0.15) is 25.0 Å². The van der Waals surface area contributed by atoms with Gasteiger partial charge in [0.2, 0.25) is 5.69 Å². The van der Waals surface area contributed by atoms with Gasteiger partial charge in [-0.2, -0.15) is 4.58 Å². The maximum atomic E-state index is 10.3. The molecule has 0 fully saturated rings. The largest absolute Gasteiger partial charge is 0.507 e. The van der Waals surface area contributed by atoms with Crippen LogP contribution >= 0.6 is 0 Å². The minimum absolute atomic E-state index is 0.135. The van der Waals surface area contributed by atoms with Crippen LogP contribution in [0.3, 0.4) is 0 Å². The van der Waals surface area contributed by atoms with E-state index in [1.54, 1.807) is 13.2 Å². The lowest BCUT2D eigenvalue weighted by Gasteiger charge is -2.17. The molecule has 0 amide bonds. The van der Waals surface area contributed by atoms with Gasteiger partial charge < -0.3 is 9.84 Å². The molecule has 1 aliphatic rings. The number of hydrogen-bond acceptors (Lipinski definition) is 2. The van der Waals surface area contributed by atoms with Crippen molar-refractivity contribution in [2.45, 2.75) is 19.3 Å². The number of ether oxygens (including phenoxy) is 1. The molecule has 136 valence electrons. The maximum Gasteiger partial charge on any atom is 0.210 e. The summed E-state index contributed by atoms with van der Waals surface area (Å²) in [7, 11) is 3.70. The number of aromatic hydroxyl groups is 1. The summed E-state index contributed by atoms with van der Waals surface area (Å²) >= 11 is 0. The second-order valence-corrected chi connectivity index (χ2v) is 7.51. The number of hydrogen-bond donors (Lipinski definition) is 1. The summed E-state index contributed by atoms with van der Waals surface area (Å²) in [6.07, 6.45) is 4.08. The van der Waals surface area contributed by atoms with Crippen molar-refractivity contribution < 1.29 is 14.4 Å². The monoisotopic (exact) mass is 358 g/mol. The normalized spacial score (nSPS) is 15.6. The molecule has 3 aromatic rings. The van der Waals surface area contributed by atoms with Crippen LogP contribution in [-0.2, 0) is 5.41 Å². The molecule has 3 nitrogen and oxygen atoms in total. The number of phenolic OH excluding ortho intramolecular Hbond substituents is 1. The summed E-state index contributed by atoms with van der Waals surface area (Å²) in [5, 5.41) is 12.8. The maximum absolute atomic E-state index is 10.3. The van der Waals surface area contributed by atoms with Crippen molar-refractivity contribution in [2.75, 3.05) is 14.2 Å². The molecule has 27 heavy (non-hydrogen) atoms. The van der Waals surface area contributed by atoms with E-state index in [1.165, 1.54) is 27.7 Å². The molecule has 0 saturated heterocycles. The molecule has 0 atom stereocenters. The Kier molecular flexibility index (Phi) is 4.03. The van der Waals surface area contributed by atoms with Crippen molar-refractivity contribution >= 4 is 28.2 Å². The molecule has 4 rings (SSSR count). The minimum atomic E-state index is -0.135. The van der Waals surface area contributed by atoms with Crippen LogP contribution < -0.4 is 4.74 Å². The van der Waals surface area contributed by atoms with Gasteiger partial charge in [0.25, 0.3) is 0 Å². The Morgan fingerprint density at radius 1 is 1.00 bits per heavy atom. The first-order valence-electron chi connectivity index (χ1n) is 9.12. The number of rotatable bonds is 3. The predicted octanol–water partition coefficient (Wildman–Crippen LogP) is 5.27. The third-order valence-corrected chi connectivity index (χ3v) is 5.55. The van der Waals surface area contributed by atoms with Crippen LogP contribution in [0.15, 0.2) is 60.7 Å². The Hall–Kier alpha value is -3.07. The molecule has 1 heterocycles. The molecule has 0 unspecified atom stereocenters. The van der Waals surface area contributed by atoms with Crippen molar-refractivity contribution in [3.05, 3.63) is 71.8 Å². The zero-order valence-corrected chi connectivity index (χ0v) is 16.2. The van der Waals surface area contributed by atoms with Crippen LogP contribution in [0.5, 0.6) is 11.5 Å². The quantitative estimate of drug-likeness (QED) is 0.647. The van der Waals surface area contributed by atoms with E-state index in [1.807, 2.05) is 18.2 Å². The Bertz CT molecular complexity index is 1110. The second kappa shape index (κ2) is 6.27. The first-order valence-corrected chi connectivity index (χ1v) is 9.12. The molecule has 3 aromatic carbocycles. The van der Waals surface area contributed by atoms with E-state index >= 15 is 0 Å². The fourth-order valence-corrected chi connectivity index (χ4v) is 4.15. The van der Waals surface area contributed by atoms with Crippen molar-refractivity contribution in [3.63, 3.8) is 0 Å². The van der Waals surface area contributed by atoms with Crippen molar-refractivity contribution in [1.29, 1.82) is 0 Å². The molecule has 3 heteroatoms. The standard InChI is InChI=1S/C24H23NO2/c1-24(2)22(14-11-17-9-12-18(27-4)15-21(17)26)25(3)20-13-10-16-7-5-6-8-19(16)23(20)24/h5-15H,1-4H3/p+1. The summed E-state index contributed by atoms with van der Waals surface area (Å²) in [6.45, 7) is 4.52. The molecular weight excluding hydrogens is 334 g/mol. The van der Waals surface area contributed by atoms with Gasteiger partial charge in [-0.15, -0.1) is 0 Å². The highest BCUT2D eigenvalue weighted by molar-refractivity contribution is 6.09. The van der Waals surface area contributed by atoms with Crippen LogP contribution in [-0.4, -0.2) is 29.6 Å². The summed E-state index contributed by atoms with van der Waals surface area (Å²) < 4.78 is 7.41. The van der Waals surface area contributed by atoms with Crippen molar-refractivity contribution in [1.82, 2.24) is 0 Å². The summed E-state index contributed by atoms with van der Waals surface area (Å²) in [5.41, 5.74) is 4.42. The van der Waals surface area contributed by atoms with E-state index in [0.29, 0.717) is 5.75 Å². The Morgan fingerprint density at radius 2 is 1.78 bits per heavy atom. The number of nitrogens with zero attached hydrogens (tertiary/aromatic N) is 1. The number of benzene rings is 3. The molecule has 0 aromatic heterocycles. The SMILES string of the molecule is COc1ccc(/C=C/C2=[N+](C)c3ccc4ccccc4c3C2(C)C)c(O)c1. The Balaban J connectivity index is 1.80. The van der Waals surface area contributed by atoms with Gasteiger partial charge in [0.15, 0.2) is 5.71 Å². The first-order chi connectivity index (χ1) is 12.9. The smallest absolute Gasteiger partial charge is 0.210 e. The van der Waals surface area contributed by atoms with Crippen molar-refractivity contribution in [2.24, 2.45) is 0 Å². The summed E-state index contributed by atoms with van der Waals surface area (Å²) in [4.78, 5) is 0. The molecule has 0 bridgehead atoms. The van der Waals surface area contributed by atoms with Crippen molar-refractivity contribution in [3.8, 4) is 11.5 Å². The van der Waals surface area contributed by atoms with E-state index in [0.717, 1.165) is 5.56 Å². The average Bonchev–Trinajstić information content (AvgIpc) is 2.87. The van der Waals surface area contributed by atoms with Gasteiger partial charge in [-0.1, -0.05) is 24.3 Å². The first kappa shape index (κ1) is 17.3. The van der Waals surface area contributed by atoms with E-state index in [-0.39, 0.29) is 11.2 Å². The lowest BCUT2D eigenvalue weighted by atomic mass is 9.79. The number of allylic oxidation sites excluding steroid dienone is 1. The molecule has 0 aliphatic carbocycles. The Morgan fingerprint density at radius 3 is 2.52 bits per heavy atom. The molecular formula is C24H24NO2+. The van der Waals surface area contributed by atoms with Gasteiger partial charge in [-0.05, 0) is 48.9 Å². The average molecular weight is 358 g/mol. The lowest BCUT2D eigenvalue weighted by molar-refractivity contribution is -0.401. The molecule has 1 aliphatic heterocycles. The third-order valence-electron chi connectivity index (χ3n) is 5.55. The zero-order valence-electron chi connectivity index (χ0n) is 16.2. The van der Waals surface area contributed by atoms with E-state index in [4.69, 9.17) is 4.74 Å². The summed E-state index contributed by atoms with van der Waals surface area (Å²) in [5.74, 6) is 0.863. The lowest BCUT2D eigenvalue weighted by Crippen LogP contribution is -2.26. The van der Waals surface area contributed by atoms with Crippen LogP contribution in [0.2, 0.25) is 0 Å². The third kappa shape index (κ3) is 2.71. The van der Waals surface area contributed by atoms with Crippen LogP contribution in [0, 0.1) is 0 Å². The van der Waals surface area contributed by atoms with E-state index in [2.05, 4.69) is 67.9 Å². The fourth-order valence-electron chi connectivity index (χ4n) is 4.15. The number of fused-ring (bicyclic) bond motifs is 3. The molecule has 0 spiro atoms. The van der Waals surface area contributed by atoms with E-state index < -0.39 is 0 Å². The van der Waals surface area contributed by atoms with Gasteiger partial charge in [-0.3, -0.25) is 0 Å².